The first-order valence-corrected chi connectivity index (χ1v) is 9.60. The summed E-state index contributed by atoms with van der Waals surface area (Å²) in [6.45, 7) is 12.8. The van der Waals surface area contributed by atoms with Gasteiger partial charge in [-0.1, -0.05) is 32.0 Å². The molecule has 5 nitrogen and oxygen atoms in total. The Hall–Kier alpha value is -2.53. The number of hydrogen-bond acceptors (Lipinski definition) is 3. The molecule has 146 valence electrons. The highest BCUT2D eigenvalue weighted by atomic mass is 16.5. The Morgan fingerprint density at radius 2 is 1.74 bits per heavy atom. The highest BCUT2D eigenvalue weighted by Gasteiger charge is 2.01. The van der Waals surface area contributed by atoms with Gasteiger partial charge in [-0.2, -0.15) is 0 Å². The Bertz CT molecular complexity index is 736. The fourth-order valence-electron chi connectivity index (χ4n) is 2.71. The average Bonchev–Trinajstić information content (AvgIpc) is 2.67. The van der Waals surface area contributed by atoms with E-state index in [0.717, 1.165) is 36.6 Å². The molecule has 0 saturated carbocycles. The maximum absolute atomic E-state index is 6.00. The Balaban J connectivity index is 1.82. The molecular weight excluding hydrogens is 336 g/mol. The molecule has 0 aliphatic carbocycles. The van der Waals surface area contributed by atoms with Gasteiger partial charge in [-0.3, -0.25) is 0 Å². The number of rotatable bonds is 9. The van der Waals surface area contributed by atoms with Crippen molar-refractivity contribution in [1.29, 1.82) is 0 Å². The van der Waals surface area contributed by atoms with Crippen molar-refractivity contribution >= 4 is 11.6 Å². The van der Waals surface area contributed by atoms with Crippen LogP contribution in [-0.4, -0.2) is 37.1 Å². The third-order valence-electron chi connectivity index (χ3n) is 4.71. The summed E-state index contributed by atoms with van der Waals surface area (Å²) in [5.74, 6) is 1.30. The van der Waals surface area contributed by atoms with Gasteiger partial charge in [0.1, 0.15) is 12.4 Å². The van der Waals surface area contributed by atoms with Crippen LogP contribution in [0, 0.1) is 13.8 Å². The van der Waals surface area contributed by atoms with E-state index < -0.39 is 0 Å². The second-order valence-electron chi connectivity index (χ2n) is 6.64. The normalized spacial score (nSPS) is 11.7. The number of likely N-dealkylation sites (N-methyl/N-ethyl adjacent to an activating group) is 1. The zero-order valence-corrected chi connectivity index (χ0v) is 17.0. The van der Waals surface area contributed by atoms with Gasteiger partial charge in [0, 0.05) is 12.2 Å². The summed E-state index contributed by atoms with van der Waals surface area (Å²) in [6.07, 6.45) is 0. The van der Waals surface area contributed by atoms with Gasteiger partial charge in [0.15, 0.2) is 5.96 Å². The predicted octanol–water partition coefficient (Wildman–Crippen LogP) is 3.95. The molecule has 0 saturated heterocycles. The minimum atomic E-state index is 0.415. The van der Waals surface area contributed by atoms with Crippen LogP contribution in [0.4, 0.5) is 5.69 Å². The van der Waals surface area contributed by atoms with Crippen molar-refractivity contribution in [3.63, 3.8) is 0 Å². The first kappa shape index (κ1) is 20.8. The van der Waals surface area contributed by atoms with Gasteiger partial charge in [-0.25, -0.2) is 4.99 Å². The maximum Gasteiger partial charge on any atom is 0.193 e. The largest absolute Gasteiger partial charge is 0.492 e. The number of guanidine groups is 1. The molecule has 0 amide bonds. The number of aryl methyl sites for hydroxylation is 2. The zero-order valence-electron chi connectivity index (χ0n) is 17.0. The smallest absolute Gasteiger partial charge is 0.193 e. The van der Waals surface area contributed by atoms with E-state index >= 15 is 0 Å². The number of nitrogens with zero attached hydrogens (tertiary/aromatic N) is 2. The molecule has 2 rings (SSSR count). The number of anilines is 1. The van der Waals surface area contributed by atoms with Crippen LogP contribution in [-0.2, 0) is 6.54 Å². The van der Waals surface area contributed by atoms with Crippen LogP contribution in [0.3, 0.4) is 0 Å². The molecule has 0 heterocycles. The van der Waals surface area contributed by atoms with Gasteiger partial charge in [-0.05, 0) is 67.9 Å². The lowest BCUT2D eigenvalue weighted by atomic mass is 10.1. The molecule has 0 unspecified atom stereocenters. The van der Waals surface area contributed by atoms with Crippen molar-refractivity contribution in [2.24, 2.45) is 10.7 Å². The maximum atomic E-state index is 6.00. The molecule has 0 aliphatic heterocycles. The lowest BCUT2D eigenvalue weighted by molar-refractivity contribution is 0.223. The summed E-state index contributed by atoms with van der Waals surface area (Å²) in [5, 5.41) is 3.14. The molecule has 0 bridgehead atoms. The molecule has 2 aromatic carbocycles. The molecule has 3 N–H and O–H groups in total. The van der Waals surface area contributed by atoms with Crippen molar-refractivity contribution in [3.05, 3.63) is 59.2 Å². The first-order valence-electron chi connectivity index (χ1n) is 9.60. The van der Waals surface area contributed by atoms with Crippen LogP contribution in [0.15, 0.2) is 47.5 Å². The monoisotopic (exact) mass is 368 g/mol. The number of nitrogens with two attached hydrogens (primary N) is 1. The summed E-state index contributed by atoms with van der Waals surface area (Å²) in [4.78, 5) is 6.76. The standard InChI is InChI=1S/C22H32N4O/c1-5-26(6-2)13-14-27-21-11-8-19(9-12-21)16-24-22(23)25-20-10-7-17(3)18(4)15-20/h7-12,15H,5-6,13-14,16H2,1-4H3,(H3,23,24,25). The number of hydrogen-bond donors (Lipinski definition) is 2. The van der Waals surface area contributed by atoms with Crippen molar-refractivity contribution in [2.75, 3.05) is 31.6 Å². The van der Waals surface area contributed by atoms with Crippen molar-refractivity contribution in [1.82, 2.24) is 4.90 Å². The molecule has 2 aromatic rings. The summed E-state index contributed by atoms with van der Waals surface area (Å²) >= 11 is 0. The molecule has 0 fully saturated rings. The van der Waals surface area contributed by atoms with E-state index in [9.17, 15) is 0 Å². The Morgan fingerprint density at radius 3 is 2.37 bits per heavy atom. The number of nitrogens with one attached hydrogen (secondary N) is 1. The molecule has 0 spiro atoms. The van der Waals surface area contributed by atoms with E-state index in [4.69, 9.17) is 10.5 Å². The molecule has 0 aromatic heterocycles. The molecule has 0 atom stereocenters. The van der Waals surface area contributed by atoms with Crippen LogP contribution in [0.25, 0.3) is 0 Å². The SMILES string of the molecule is CCN(CC)CCOc1ccc(CN=C(N)Nc2ccc(C)c(C)c2)cc1. The van der Waals surface area contributed by atoms with Crippen molar-refractivity contribution in [3.8, 4) is 5.75 Å². The van der Waals surface area contributed by atoms with Gasteiger partial charge < -0.3 is 20.7 Å². The third kappa shape index (κ3) is 6.94. The van der Waals surface area contributed by atoms with E-state index in [1.54, 1.807) is 0 Å². The summed E-state index contributed by atoms with van der Waals surface area (Å²) in [7, 11) is 0. The summed E-state index contributed by atoms with van der Waals surface area (Å²) in [6, 6.07) is 14.2. The molecule has 0 radical (unpaired) electrons. The highest BCUT2D eigenvalue weighted by molar-refractivity contribution is 5.92. The second-order valence-corrected chi connectivity index (χ2v) is 6.64. The molecular formula is C22H32N4O. The van der Waals surface area contributed by atoms with E-state index in [1.807, 2.05) is 30.3 Å². The summed E-state index contributed by atoms with van der Waals surface area (Å²) in [5.41, 5.74) is 10.5. The van der Waals surface area contributed by atoms with Gasteiger partial charge in [0.25, 0.3) is 0 Å². The highest BCUT2D eigenvalue weighted by Crippen LogP contribution is 2.15. The Morgan fingerprint density at radius 1 is 1.04 bits per heavy atom. The van der Waals surface area contributed by atoms with Crippen LogP contribution >= 0.6 is 0 Å². The fourth-order valence-corrected chi connectivity index (χ4v) is 2.71. The quantitative estimate of drug-likeness (QED) is 0.520. The van der Waals surface area contributed by atoms with Gasteiger partial charge in [0.05, 0.1) is 6.54 Å². The zero-order chi connectivity index (χ0) is 19.6. The van der Waals surface area contributed by atoms with Crippen LogP contribution in [0.5, 0.6) is 5.75 Å². The molecule has 5 heteroatoms. The lowest BCUT2D eigenvalue weighted by Gasteiger charge is -2.18. The van der Waals surface area contributed by atoms with Gasteiger partial charge >= 0.3 is 0 Å². The topological polar surface area (TPSA) is 62.9 Å². The number of aliphatic imine (C=N–C) groups is 1. The Kier molecular flexibility index (Phi) is 8.14. The van der Waals surface area contributed by atoms with E-state index in [0.29, 0.717) is 19.1 Å². The van der Waals surface area contributed by atoms with Gasteiger partial charge in [0.2, 0.25) is 0 Å². The lowest BCUT2D eigenvalue weighted by Crippen LogP contribution is -2.27. The van der Waals surface area contributed by atoms with Gasteiger partial charge in [-0.15, -0.1) is 0 Å². The summed E-state index contributed by atoms with van der Waals surface area (Å²) < 4.78 is 5.81. The third-order valence-corrected chi connectivity index (χ3v) is 4.71. The van der Waals surface area contributed by atoms with E-state index in [2.05, 4.69) is 55.0 Å². The number of ether oxygens (including phenoxy) is 1. The van der Waals surface area contributed by atoms with Crippen molar-refractivity contribution in [2.45, 2.75) is 34.2 Å². The van der Waals surface area contributed by atoms with E-state index in [1.165, 1.54) is 11.1 Å². The van der Waals surface area contributed by atoms with Crippen LogP contribution in [0.1, 0.15) is 30.5 Å². The van der Waals surface area contributed by atoms with Crippen molar-refractivity contribution < 1.29 is 4.74 Å². The second kappa shape index (κ2) is 10.6. The number of benzene rings is 2. The average molecular weight is 369 g/mol. The predicted molar refractivity (Wildman–Crippen MR) is 115 cm³/mol. The van der Waals surface area contributed by atoms with Crippen LogP contribution in [0.2, 0.25) is 0 Å². The first-order chi connectivity index (χ1) is 13.0. The van der Waals surface area contributed by atoms with E-state index in [-0.39, 0.29) is 0 Å². The minimum absolute atomic E-state index is 0.415. The van der Waals surface area contributed by atoms with Crippen LogP contribution < -0.4 is 15.8 Å². The Labute approximate surface area is 163 Å². The fraction of sp³-hybridized carbons (Fsp3) is 0.409. The molecule has 0 aliphatic rings. The minimum Gasteiger partial charge on any atom is -0.492 e. The molecule has 27 heavy (non-hydrogen) atoms.